The van der Waals surface area contributed by atoms with E-state index >= 15 is 0 Å². The third kappa shape index (κ3) is 2.08. The number of aryl methyl sites for hydroxylation is 1. The Hall–Kier alpha value is -2.28. The fourth-order valence-electron chi connectivity index (χ4n) is 1.85. The van der Waals surface area contributed by atoms with Crippen LogP contribution < -0.4 is 5.32 Å². The summed E-state index contributed by atoms with van der Waals surface area (Å²) < 4.78 is 14.7. The molecule has 0 aliphatic rings. The molecule has 3 aromatic rings. The molecule has 96 valence electrons. The van der Waals surface area contributed by atoms with Crippen molar-refractivity contribution in [3.8, 4) is 0 Å². The zero-order chi connectivity index (χ0) is 13.4. The lowest BCUT2D eigenvalue weighted by molar-refractivity contribution is 0.102. The van der Waals surface area contributed by atoms with Gasteiger partial charge >= 0.3 is 0 Å². The number of amides is 1. The van der Waals surface area contributed by atoms with Crippen LogP contribution in [0.15, 0.2) is 29.9 Å². The minimum atomic E-state index is -0.423. The van der Waals surface area contributed by atoms with Crippen LogP contribution in [0.25, 0.3) is 5.65 Å². The molecule has 3 rings (SSSR count). The lowest BCUT2D eigenvalue weighted by Crippen LogP contribution is -2.15. The lowest BCUT2D eigenvalue weighted by Gasteiger charge is -2.03. The van der Waals surface area contributed by atoms with Gasteiger partial charge in [0.25, 0.3) is 5.91 Å². The third-order valence-electron chi connectivity index (χ3n) is 2.62. The van der Waals surface area contributed by atoms with Crippen molar-refractivity contribution in [1.82, 2.24) is 14.4 Å². The molecule has 0 saturated carbocycles. The number of imidazole rings is 1. The number of fused-ring (bicyclic) bond motifs is 1. The minimum absolute atomic E-state index is 0.310. The largest absolute Gasteiger partial charge is 0.296 e. The summed E-state index contributed by atoms with van der Waals surface area (Å²) in [7, 11) is 0. The van der Waals surface area contributed by atoms with Crippen LogP contribution in [0.1, 0.15) is 16.2 Å². The molecule has 1 N–H and O–H groups in total. The highest BCUT2D eigenvalue weighted by Crippen LogP contribution is 2.16. The van der Waals surface area contributed by atoms with Crippen LogP contribution in [0.2, 0.25) is 0 Å². The fraction of sp³-hybridized carbons (Fsp3) is 0.0833. The van der Waals surface area contributed by atoms with E-state index in [-0.39, 0.29) is 5.91 Å². The van der Waals surface area contributed by atoms with Crippen molar-refractivity contribution in [3.63, 3.8) is 0 Å². The molecule has 0 aliphatic carbocycles. The molecule has 0 aliphatic heterocycles. The molecule has 19 heavy (non-hydrogen) atoms. The number of nitrogens with zero attached hydrogens (tertiary/aromatic N) is 3. The summed E-state index contributed by atoms with van der Waals surface area (Å²) >= 11 is 1.32. The number of thiazole rings is 1. The van der Waals surface area contributed by atoms with Gasteiger partial charge in [-0.1, -0.05) is 0 Å². The maximum absolute atomic E-state index is 13.3. The van der Waals surface area contributed by atoms with Gasteiger partial charge in [-0.25, -0.2) is 14.4 Å². The summed E-state index contributed by atoms with van der Waals surface area (Å²) in [5.74, 6) is -0.779. The predicted octanol–water partition coefficient (Wildman–Crippen LogP) is 2.49. The summed E-state index contributed by atoms with van der Waals surface area (Å²) in [6.07, 6.45) is 2.84. The topological polar surface area (TPSA) is 59.3 Å². The molecular weight excluding hydrogens is 267 g/mol. The van der Waals surface area contributed by atoms with Gasteiger partial charge in [0.15, 0.2) is 5.13 Å². The average Bonchev–Trinajstić information content (AvgIpc) is 2.95. The van der Waals surface area contributed by atoms with E-state index in [1.807, 2.05) is 0 Å². The highest BCUT2D eigenvalue weighted by molar-refractivity contribution is 7.13. The number of carbonyl (C=O) groups is 1. The maximum Gasteiger partial charge on any atom is 0.276 e. The van der Waals surface area contributed by atoms with Crippen molar-refractivity contribution in [2.24, 2.45) is 0 Å². The average molecular weight is 276 g/mol. The van der Waals surface area contributed by atoms with Gasteiger partial charge in [-0.15, -0.1) is 11.3 Å². The monoisotopic (exact) mass is 276 g/mol. The van der Waals surface area contributed by atoms with Gasteiger partial charge in [-0.2, -0.15) is 0 Å². The first-order valence-corrected chi connectivity index (χ1v) is 6.38. The van der Waals surface area contributed by atoms with Crippen LogP contribution in [0, 0.1) is 12.7 Å². The van der Waals surface area contributed by atoms with Crippen molar-refractivity contribution >= 4 is 28.0 Å². The fourth-order valence-corrected chi connectivity index (χ4v) is 2.38. The van der Waals surface area contributed by atoms with E-state index in [9.17, 15) is 9.18 Å². The van der Waals surface area contributed by atoms with Crippen LogP contribution in [-0.4, -0.2) is 20.3 Å². The first-order chi connectivity index (χ1) is 9.15. The Balaban J connectivity index is 2.06. The van der Waals surface area contributed by atoms with Crippen LogP contribution in [0.4, 0.5) is 9.52 Å². The van der Waals surface area contributed by atoms with Gasteiger partial charge in [-0.3, -0.25) is 14.5 Å². The highest BCUT2D eigenvalue weighted by Gasteiger charge is 2.17. The van der Waals surface area contributed by atoms with Crippen molar-refractivity contribution in [2.75, 3.05) is 5.32 Å². The molecule has 0 bridgehead atoms. The smallest absolute Gasteiger partial charge is 0.276 e. The van der Waals surface area contributed by atoms with Gasteiger partial charge in [-0.05, 0) is 19.1 Å². The van der Waals surface area contributed by atoms with E-state index < -0.39 is 5.82 Å². The molecule has 1 amide bonds. The van der Waals surface area contributed by atoms with Crippen LogP contribution >= 0.6 is 11.3 Å². The van der Waals surface area contributed by atoms with Crippen LogP contribution in [0.5, 0.6) is 0 Å². The Morgan fingerprint density at radius 2 is 2.32 bits per heavy atom. The summed E-state index contributed by atoms with van der Waals surface area (Å²) in [6, 6.07) is 2.84. The SMILES string of the molecule is Cc1nc2ccc(F)cn2c1C(=O)Nc1nccs1. The van der Waals surface area contributed by atoms with Gasteiger partial charge in [0.05, 0.1) is 5.69 Å². The number of rotatable bonds is 2. The number of aromatic nitrogens is 3. The first-order valence-electron chi connectivity index (χ1n) is 5.50. The highest BCUT2D eigenvalue weighted by atomic mass is 32.1. The van der Waals surface area contributed by atoms with Gasteiger partial charge in [0, 0.05) is 17.8 Å². The Bertz CT molecular complexity index is 751. The van der Waals surface area contributed by atoms with E-state index in [4.69, 9.17) is 0 Å². The van der Waals surface area contributed by atoms with Crippen LogP contribution in [0.3, 0.4) is 0 Å². The lowest BCUT2D eigenvalue weighted by atomic mass is 10.3. The number of hydrogen-bond acceptors (Lipinski definition) is 4. The molecular formula is C12H9FN4OS. The zero-order valence-electron chi connectivity index (χ0n) is 9.92. The third-order valence-corrected chi connectivity index (χ3v) is 3.31. The van der Waals surface area contributed by atoms with Gasteiger partial charge in [0.1, 0.15) is 17.2 Å². The van der Waals surface area contributed by atoms with Crippen molar-refractivity contribution < 1.29 is 9.18 Å². The van der Waals surface area contributed by atoms with Crippen LogP contribution in [-0.2, 0) is 0 Å². The number of hydrogen-bond donors (Lipinski definition) is 1. The number of halogens is 1. The summed E-state index contributed by atoms with van der Waals surface area (Å²) in [5.41, 5.74) is 1.38. The number of carbonyl (C=O) groups excluding carboxylic acids is 1. The second kappa shape index (κ2) is 4.43. The molecule has 3 aromatic heterocycles. The first kappa shape index (κ1) is 11.8. The molecule has 0 unspecified atom stereocenters. The van der Waals surface area contributed by atoms with Crippen molar-refractivity contribution in [3.05, 3.63) is 47.1 Å². The standard InChI is InChI=1S/C12H9FN4OS/c1-7-10(11(18)16-12-14-4-5-19-12)17-6-8(13)2-3-9(17)15-7/h2-6H,1H3,(H,14,16,18). The molecule has 0 saturated heterocycles. The van der Waals surface area contributed by atoms with E-state index in [1.54, 1.807) is 18.5 Å². The van der Waals surface area contributed by atoms with E-state index in [1.165, 1.54) is 34.1 Å². The number of anilines is 1. The van der Waals surface area contributed by atoms with Crippen molar-refractivity contribution in [1.29, 1.82) is 0 Å². The summed E-state index contributed by atoms with van der Waals surface area (Å²) in [5, 5.41) is 4.92. The Kier molecular flexibility index (Phi) is 2.75. The second-order valence-electron chi connectivity index (χ2n) is 3.91. The van der Waals surface area contributed by atoms with Crippen molar-refractivity contribution in [2.45, 2.75) is 6.92 Å². The van der Waals surface area contributed by atoms with Gasteiger partial charge < -0.3 is 0 Å². The molecule has 5 nitrogen and oxygen atoms in total. The molecule has 0 aromatic carbocycles. The maximum atomic E-state index is 13.3. The Morgan fingerprint density at radius 1 is 1.47 bits per heavy atom. The molecule has 0 atom stereocenters. The molecule has 7 heteroatoms. The molecule has 0 radical (unpaired) electrons. The van der Waals surface area contributed by atoms with E-state index in [0.717, 1.165) is 0 Å². The van der Waals surface area contributed by atoms with E-state index in [0.29, 0.717) is 22.2 Å². The summed E-state index contributed by atoms with van der Waals surface area (Å²) in [6.45, 7) is 1.71. The Morgan fingerprint density at radius 3 is 3.05 bits per heavy atom. The predicted molar refractivity (Wildman–Crippen MR) is 70.0 cm³/mol. The molecule has 0 fully saturated rings. The molecule has 3 heterocycles. The minimum Gasteiger partial charge on any atom is -0.296 e. The normalized spacial score (nSPS) is 10.8. The zero-order valence-corrected chi connectivity index (χ0v) is 10.7. The number of nitrogens with one attached hydrogen (secondary N) is 1. The second-order valence-corrected chi connectivity index (χ2v) is 4.81. The Labute approximate surface area is 111 Å². The van der Waals surface area contributed by atoms with E-state index in [2.05, 4.69) is 15.3 Å². The molecule has 0 spiro atoms. The quantitative estimate of drug-likeness (QED) is 0.782. The number of pyridine rings is 1. The van der Waals surface area contributed by atoms with Gasteiger partial charge in [0.2, 0.25) is 0 Å². The summed E-state index contributed by atoms with van der Waals surface area (Å²) in [4.78, 5) is 20.4.